The van der Waals surface area contributed by atoms with Crippen LogP contribution in [0.4, 0.5) is 8.78 Å². The highest BCUT2D eigenvalue weighted by Gasteiger charge is 2.47. The summed E-state index contributed by atoms with van der Waals surface area (Å²) in [5, 5.41) is 9.68. The minimum Gasteiger partial charge on any atom is -0.378 e. The normalized spacial score (nSPS) is 16.1. The van der Waals surface area contributed by atoms with E-state index in [4.69, 9.17) is 0 Å². The standard InChI is InChI=1S/C10H11BrF2OS/c1-9(14,10(11,12)13)7-3-5-8(15-2)6-4-7/h3-6,14H,1-2H3. The molecule has 0 aliphatic carbocycles. The predicted octanol–water partition coefficient (Wildman–Crippen LogP) is 3.60. The largest absolute Gasteiger partial charge is 0.378 e. The van der Waals surface area contributed by atoms with Gasteiger partial charge in [-0.05, 0) is 46.8 Å². The highest BCUT2D eigenvalue weighted by Crippen LogP contribution is 2.42. The predicted molar refractivity (Wildman–Crippen MR) is 61.7 cm³/mol. The van der Waals surface area contributed by atoms with E-state index < -0.39 is 10.4 Å². The van der Waals surface area contributed by atoms with Gasteiger partial charge in [0.15, 0.2) is 5.60 Å². The average Bonchev–Trinajstić information content (AvgIpc) is 2.16. The fourth-order valence-corrected chi connectivity index (χ4v) is 1.72. The van der Waals surface area contributed by atoms with E-state index in [0.717, 1.165) is 11.8 Å². The summed E-state index contributed by atoms with van der Waals surface area (Å²) in [7, 11) is 0. The summed E-state index contributed by atoms with van der Waals surface area (Å²) in [4.78, 5) is -2.38. The van der Waals surface area contributed by atoms with E-state index in [-0.39, 0.29) is 5.56 Å². The van der Waals surface area contributed by atoms with Crippen LogP contribution in [0.15, 0.2) is 29.2 Å². The summed E-state index contributed by atoms with van der Waals surface area (Å²) >= 11 is 3.70. The van der Waals surface area contributed by atoms with Crippen molar-refractivity contribution in [2.45, 2.75) is 22.3 Å². The van der Waals surface area contributed by atoms with Crippen molar-refractivity contribution >= 4 is 27.7 Å². The minimum atomic E-state index is -3.35. The zero-order valence-electron chi connectivity index (χ0n) is 8.30. The topological polar surface area (TPSA) is 20.2 Å². The number of rotatable bonds is 3. The molecule has 0 radical (unpaired) electrons. The molecule has 15 heavy (non-hydrogen) atoms. The van der Waals surface area contributed by atoms with E-state index >= 15 is 0 Å². The molecule has 0 fully saturated rings. The fourth-order valence-electron chi connectivity index (χ4n) is 1.08. The van der Waals surface area contributed by atoms with E-state index in [1.807, 2.05) is 6.26 Å². The van der Waals surface area contributed by atoms with Crippen LogP contribution in [0.2, 0.25) is 0 Å². The summed E-state index contributed by atoms with van der Waals surface area (Å²) in [5.74, 6) is 0. The molecular formula is C10H11BrF2OS. The van der Waals surface area contributed by atoms with Crippen LogP contribution >= 0.6 is 27.7 Å². The lowest BCUT2D eigenvalue weighted by molar-refractivity contribution is -0.109. The van der Waals surface area contributed by atoms with Gasteiger partial charge in [0.2, 0.25) is 0 Å². The summed E-state index contributed by atoms with van der Waals surface area (Å²) in [6.45, 7) is 1.08. The highest BCUT2D eigenvalue weighted by atomic mass is 79.9. The number of halogens is 3. The maximum absolute atomic E-state index is 13.0. The Bertz CT molecular complexity index is 332. The van der Waals surface area contributed by atoms with Gasteiger partial charge in [-0.2, -0.15) is 8.78 Å². The lowest BCUT2D eigenvalue weighted by atomic mass is 9.97. The molecule has 0 aliphatic heterocycles. The molecule has 0 saturated heterocycles. The monoisotopic (exact) mass is 296 g/mol. The molecule has 1 nitrogen and oxygen atoms in total. The molecule has 1 N–H and O–H groups in total. The van der Waals surface area contributed by atoms with Crippen molar-refractivity contribution < 1.29 is 13.9 Å². The van der Waals surface area contributed by atoms with Crippen LogP contribution < -0.4 is 0 Å². The van der Waals surface area contributed by atoms with Crippen LogP contribution in [0.1, 0.15) is 12.5 Å². The lowest BCUT2D eigenvalue weighted by Crippen LogP contribution is -2.37. The highest BCUT2D eigenvalue weighted by molar-refractivity contribution is 9.10. The van der Waals surface area contributed by atoms with Gasteiger partial charge in [-0.25, -0.2) is 0 Å². The zero-order chi connectivity index (χ0) is 11.7. The first-order valence-electron chi connectivity index (χ1n) is 4.22. The number of aliphatic hydroxyl groups is 1. The average molecular weight is 297 g/mol. The Morgan fingerprint density at radius 3 is 2.07 bits per heavy atom. The lowest BCUT2D eigenvalue weighted by Gasteiger charge is -2.28. The first kappa shape index (κ1) is 12.9. The molecule has 0 aliphatic rings. The van der Waals surface area contributed by atoms with Crippen molar-refractivity contribution in [2.75, 3.05) is 6.26 Å². The first-order chi connectivity index (χ1) is 6.79. The Morgan fingerprint density at radius 1 is 1.27 bits per heavy atom. The molecule has 0 spiro atoms. The van der Waals surface area contributed by atoms with Crippen LogP contribution in [-0.4, -0.2) is 16.2 Å². The summed E-state index contributed by atoms with van der Waals surface area (Å²) < 4.78 is 26.1. The van der Waals surface area contributed by atoms with E-state index in [1.165, 1.54) is 23.9 Å². The third-order valence-electron chi connectivity index (χ3n) is 2.20. The maximum Gasteiger partial charge on any atom is 0.333 e. The summed E-state index contributed by atoms with van der Waals surface area (Å²) in [5.41, 5.74) is -2.02. The minimum absolute atomic E-state index is 0.183. The molecule has 84 valence electrons. The molecule has 1 aromatic carbocycles. The van der Waals surface area contributed by atoms with Gasteiger partial charge in [0.25, 0.3) is 0 Å². The number of hydrogen-bond donors (Lipinski definition) is 1. The quantitative estimate of drug-likeness (QED) is 0.679. The van der Waals surface area contributed by atoms with Crippen LogP contribution in [0.3, 0.4) is 0 Å². The molecule has 1 atom stereocenters. The van der Waals surface area contributed by atoms with Gasteiger partial charge in [-0.1, -0.05) is 12.1 Å². The molecular weight excluding hydrogens is 286 g/mol. The molecule has 0 heterocycles. The molecule has 0 bridgehead atoms. The van der Waals surface area contributed by atoms with Crippen LogP contribution in [0.25, 0.3) is 0 Å². The van der Waals surface area contributed by atoms with Gasteiger partial charge in [0.05, 0.1) is 0 Å². The van der Waals surface area contributed by atoms with Gasteiger partial charge in [-0.3, -0.25) is 0 Å². The van der Waals surface area contributed by atoms with Crippen molar-refractivity contribution in [1.29, 1.82) is 0 Å². The van der Waals surface area contributed by atoms with Gasteiger partial charge in [0, 0.05) is 4.90 Å². The fraction of sp³-hybridized carbons (Fsp3) is 0.400. The van der Waals surface area contributed by atoms with Crippen molar-refractivity contribution in [3.63, 3.8) is 0 Å². The Hall–Kier alpha value is -0.130. The molecule has 1 aromatic rings. The third kappa shape index (κ3) is 2.71. The molecule has 5 heteroatoms. The van der Waals surface area contributed by atoms with Gasteiger partial charge < -0.3 is 5.11 Å². The molecule has 0 saturated carbocycles. The number of benzene rings is 1. The first-order valence-corrected chi connectivity index (χ1v) is 6.24. The molecule has 1 unspecified atom stereocenters. The van der Waals surface area contributed by atoms with Crippen LogP contribution in [0.5, 0.6) is 0 Å². The van der Waals surface area contributed by atoms with Crippen LogP contribution in [-0.2, 0) is 5.60 Å². The Balaban J connectivity index is 3.06. The van der Waals surface area contributed by atoms with Crippen molar-refractivity contribution in [2.24, 2.45) is 0 Å². The summed E-state index contributed by atoms with van der Waals surface area (Å²) in [6.07, 6.45) is 1.90. The van der Waals surface area contributed by atoms with Crippen molar-refractivity contribution in [3.8, 4) is 0 Å². The Kier molecular flexibility index (Phi) is 3.79. The molecule has 1 rings (SSSR count). The third-order valence-corrected chi connectivity index (χ3v) is 3.72. The Morgan fingerprint density at radius 2 is 1.73 bits per heavy atom. The van der Waals surface area contributed by atoms with Gasteiger partial charge in [0.1, 0.15) is 0 Å². The second-order valence-electron chi connectivity index (χ2n) is 3.30. The molecule has 0 amide bonds. The van der Waals surface area contributed by atoms with E-state index in [1.54, 1.807) is 12.1 Å². The second kappa shape index (κ2) is 4.39. The summed E-state index contributed by atoms with van der Waals surface area (Å²) in [6, 6.07) is 6.41. The number of thioether (sulfide) groups is 1. The van der Waals surface area contributed by atoms with E-state index in [0.29, 0.717) is 0 Å². The molecule has 0 aromatic heterocycles. The maximum atomic E-state index is 13.0. The van der Waals surface area contributed by atoms with E-state index in [9.17, 15) is 13.9 Å². The SMILES string of the molecule is CSc1ccc(C(C)(O)C(F)(F)Br)cc1. The van der Waals surface area contributed by atoms with Crippen molar-refractivity contribution in [3.05, 3.63) is 29.8 Å². The number of alkyl halides is 3. The van der Waals surface area contributed by atoms with Crippen molar-refractivity contribution in [1.82, 2.24) is 0 Å². The van der Waals surface area contributed by atoms with E-state index in [2.05, 4.69) is 15.9 Å². The zero-order valence-corrected chi connectivity index (χ0v) is 10.7. The number of hydrogen-bond acceptors (Lipinski definition) is 2. The smallest absolute Gasteiger partial charge is 0.333 e. The second-order valence-corrected chi connectivity index (χ2v) is 5.17. The Labute approximate surface area is 100 Å². The van der Waals surface area contributed by atoms with Gasteiger partial charge >= 0.3 is 4.83 Å². The van der Waals surface area contributed by atoms with Crippen LogP contribution in [0, 0.1) is 0 Å². The van der Waals surface area contributed by atoms with Gasteiger partial charge in [-0.15, -0.1) is 11.8 Å².